The summed E-state index contributed by atoms with van der Waals surface area (Å²) in [5.74, 6) is -2.25. The number of nitrogens with zero attached hydrogens (tertiary/aromatic N) is 4. The number of benzene rings is 2. The van der Waals surface area contributed by atoms with Crippen LogP contribution in [0.1, 0.15) is 75.3 Å². The van der Waals surface area contributed by atoms with E-state index in [0.29, 0.717) is 99.4 Å². The van der Waals surface area contributed by atoms with Crippen molar-refractivity contribution < 1.29 is 48.3 Å². The molecule has 3 fully saturated rings. The van der Waals surface area contributed by atoms with Crippen LogP contribution < -0.4 is 9.64 Å². The van der Waals surface area contributed by atoms with Crippen molar-refractivity contribution in [2.75, 3.05) is 59.0 Å². The highest BCUT2D eigenvalue weighted by molar-refractivity contribution is 5.97. The number of esters is 3. The number of hydrogen-bond donors (Lipinski definition) is 3. The number of rotatable bonds is 8. The fraction of sp³-hybridized carbons (Fsp3) is 0.553. The summed E-state index contributed by atoms with van der Waals surface area (Å²) in [7, 11) is 4.02. The lowest BCUT2D eigenvalue weighted by atomic mass is 9.47. The average Bonchev–Trinajstić information content (AvgIpc) is 3.95. The number of carbonyl (C=O) groups excluding carboxylic acids is 4. The number of aliphatic hydroxyl groups is 2. The van der Waals surface area contributed by atoms with Crippen LogP contribution in [0.2, 0.25) is 0 Å². The van der Waals surface area contributed by atoms with E-state index in [1.54, 1.807) is 12.1 Å². The van der Waals surface area contributed by atoms with E-state index in [0.717, 1.165) is 23.6 Å². The number of aromatic amines is 1. The number of piperidine rings is 1. The minimum absolute atomic E-state index is 0.203. The molecule has 1 aromatic heterocycles. The minimum Gasteiger partial charge on any atom is -0.496 e. The molecule has 328 valence electrons. The Hall–Kier alpha value is -5.27. The Morgan fingerprint density at radius 2 is 1.77 bits per heavy atom. The SMILES string of the molecule is [C-]#[N+]c1ccc2[nH]c3c(c2c1)CCN1C[C@H](C[C@@](O)(CC)C1)C[C@]3(C(=O)OC)c1cc2c(cc1OC)N(C=O)[C@H]1[C@@](O)(C(=O)OC)[C@H](OC(C)=O)[C@]3(CC)C=CCN4CC[C@]21[C@@H]43. The first-order chi connectivity index (χ1) is 29.7. The van der Waals surface area contributed by atoms with E-state index in [4.69, 9.17) is 25.5 Å². The largest absolute Gasteiger partial charge is 0.496 e. The first-order valence-corrected chi connectivity index (χ1v) is 21.6. The highest BCUT2D eigenvalue weighted by Crippen LogP contribution is 2.68. The molecule has 6 heterocycles. The van der Waals surface area contributed by atoms with Gasteiger partial charge < -0.3 is 39.0 Å². The van der Waals surface area contributed by atoms with Crippen LogP contribution >= 0.6 is 0 Å². The summed E-state index contributed by atoms with van der Waals surface area (Å²) in [6.45, 7) is 15.7. The van der Waals surface area contributed by atoms with Gasteiger partial charge in [-0.25, -0.2) is 9.64 Å². The Balaban J connectivity index is 1.39. The van der Waals surface area contributed by atoms with Crippen LogP contribution in [0.25, 0.3) is 15.7 Å². The lowest BCUT2D eigenvalue weighted by Crippen LogP contribution is -2.81. The van der Waals surface area contributed by atoms with Gasteiger partial charge in [0.15, 0.2) is 11.8 Å². The zero-order valence-electron chi connectivity index (χ0n) is 36.2. The number of nitrogens with one attached hydrogen (secondary N) is 1. The zero-order chi connectivity index (χ0) is 44.1. The quantitative estimate of drug-likeness (QED) is 0.0977. The molecule has 2 bridgehead atoms. The van der Waals surface area contributed by atoms with E-state index < -0.39 is 63.5 Å². The second kappa shape index (κ2) is 14.7. The molecule has 6 aliphatic rings. The van der Waals surface area contributed by atoms with Crippen LogP contribution in [0.15, 0.2) is 42.5 Å². The van der Waals surface area contributed by atoms with E-state index in [2.05, 4.69) is 19.6 Å². The Morgan fingerprint density at radius 1 is 1.00 bits per heavy atom. The first-order valence-electron chi connectivity index (χ1n) is 21.6. The third-order valence-electron chi connectivity index (χ3n) is 15.7. The second-order valence-electron chi connectivity index (χ2n) is 18.4. The number of hydrogen-bond acceptors (Lipinski definition) is 12. The third kappa shape index (κ3) is 5.42. The summed E-state index contributed by atoms with van der Waals surface area (Å²) >= 11 is 0. The van der Waals surface area contributed by atoms with Gasteiger partial charge in [0.1, 0.15) is 11.2 Å². The fourth-order valence-corrected chi connectivity index (χ4v) is 13.5. The molecule has 2 saturated heterocycles. The number of H-pyrrole nitrogens is 1. The molecule has 62 heavy (non-hydrogen) atoms. The molecule has 2 aromatic carbocycles. The summed E-state index contributed by atoms with van der Waals surface area (Å²) in [5, 5.41) is 26.1. The number of fused-ring (bicyclic) bond motifs is 6. The van der Waals surface area contributed by atoms with Gasteiger partial charge in [-0.1, -0.05) is 32.1 Å². The number of aromatic nitrogens is 1. The van der Waals surface area contributed by atoms with E-state index in [-0.39, 0.29) is 18.1 Å². The van der Waals surface area contributed by atoms with Crippen molar-refractivity contribution in [1.29, 1.82) is 0 Å². The lowest BCUT2D eigenvalue weighted by molar-refractivity contribution is -0.228. The number of ether oxygens (including phenoxy) is 4. The van der Waals surface area contributed by atoms with Crippen molar-refractivity contribution >= 4 is 46.6 Å². The third-order valence-corrected chi connectivity index (χ3v) is 15.7. The maximum atomic E-state index is 15.4. The van der Waals surface area contributed by atoms with Crippen molar-refractivity contribution in [2.45, 2.75) is 99.5 Å². The smallest absolute Gasteiger partial charge is 0.344 e. The molecule has 1 saturated carbocycles. The number of methoxy groups -OCH3 is 3. The van der Waals surface area contributed by atoms with Gasteiger partial charge >= 0.3 is 17.9 Å². The van der Waals surface area contributed by atoms with Gasteiger partial charge in [0.05, 0.1) is 45.2 Å². The Kier molecular flexibility index (Phi) is 9.94. The van der Waals surface area contributed by atoms with Crippen LogP contribution in [0.5, 0.6) is 5.75 Å². The maximum Gasteiger partial charge on any atom is 0.344 e. The second-order valence-corrected chi connectivity index (χ2v) is 18.4. The number of amides is 1. The van der Waals surface area contributed by atoms with Gasteiger partial charge in [-0.05, 0) is 85.7 Å². The van der Waals surface area contributed by atoms with Crippen LogP contribution in [-0.4, -0.2) is 133 Å². The van der Waals surface area contributed by atoms with Gasteiger partial charge in [-0.2, -0.15) is 0 Å². The Morgan fingerprint density at radius 3 is 2.44 bits per heavy atom. The lowest BCUT2D eigenvalue weighted by Gasteiger charge is -2.63. The standard InChI is InChI=1S/C47H55N5O10/c1-8-43(57)22-28-23-46(41(55)60-6,37-30(13-17-50(24-28)25-43)31-19-29(48-4)11-12-34(31)49-37)33-20-32-35(21-36(33)59-5)52(26-53)39-45(32)15-18-51-16-10-14-44(9-2,38(45)51)40(62-27(3)54)47(39,58)42(56)61-7/h10-12,14,19-21,26,28,38-40,49,57-58H,8-9,13,15-18,22-25H2,1-3,5-7H3/t28-,38+,39-,40-,43+,44-,45-,46+,47+/m1/s1. The molecular formula is C47H55N5O10. The van der Waals surface area contributed by atoms with Crippen molar-refractivity contribution in [3.8, 4) is 5.75 Å². The monoisotopic (exact) mass is 849 g/mol. The summed E-state index contributed by atoms with van der Waals surface area (Å²) in [4.78, 5) is 69.9. The summed E-state index contributed by atoms with van der Waals surface area (Å²) in [6, 6.07) is 7.28. The number of anilines is 1. The molecule has 1 amide bonds. The average molecular weight is 850 g/mol. The van der Waals surface area contributed by atoms with E-state index in [1.165, 1.54) is 26.0 Å². The summed E-state index contributed by atoms with van der Waals surface area (Å²) in [5.41, 5.74) is -3.39. The highest BCUT2D eigenvalue weighted by atomic mass is 16.6. The van der Waals surface area contributed by atoms with E-state index in [1.807, 2.05) is 44.2 Å². The molecule has 5 aliphatic heterocycles. The van der Waals surface area contributed by atoms with E-state index >= 15 is 4.79 Å². The maximum absolute atomic E-state index is 15.4. The molecule has 9 rings (SSSR count). The van der Waals surface area contributed by atoms with Gasteiger partial charge in [-0.3, -0.25) is 24.2 Å². The van der Waals surface area contributed by atoms with Crippen molar-refractivity contribution in [3.05, 3.63) is 76.3 Å². The number of carbonyl (C=O) groups is 4. The molecule has 10 atom stereocenters. The van der Waals surface area contributed by atoms with Gasteiger partial charge in [-0.15, -0.1) is 0 Å². The van der Waals surface area contributed by atoms with Crippen LogP contribution in [0.3, 0.4) is 0 Å². The van der Waals surface area contributed by atoms with Gasteiger partial charge in [0.25, 0.3) is 0 Å². The molecule has 1 unspecified atom stereocenters. The van der Waals surface area contributed by atoms with Gasteiger partial charge in [0.2, 0.25) is 12.0 Å². The van der Waals surface area contributed by atoms with Crippen molar-refractivity contribution in [2.24, 2.45) is 11.3 Å². The Labute approximate surface area is 360 Å². The molecule has 1 aliphatic carbocycles. The van der Waals surface area contributed by atoms with Crippen molar-refractivity contribution in [3.63, 3.8) is 0 Å². The fourth-order valence-electron chi connectivity index (χ4n) is 13.5. The summed E-state index contributed by atoms with van der Waals surface area (Å²) in [6.07, 6.45) is 5.48. The highest BCUT2D eigenvalue weighted by Gasteiger charge is 2.81. The molecule has 15 heteroatoms. The predicted octanol–water partition coefficient (Wildman–Crippen LogP) is 4.07. The molecule has 0 radical (unpaired) electrons. The normalized spacial score (nSPS) is 35.5. The molecule has 3 aromatic rings. The molecule has 15 nitrogen and oxygen atoms in total. The molecule has 3 N–H and O–H groups in total. The topological polar surface area (TPSA) is 176 Å². The van der Waals surface area contributed by atoms with Crippen LogP contribution in [0.4, 0.5) is 11.4 Å². The van der Waals surface area contributed by atoms with Crippen LogP contribution in [0, 0.1) is 17.9 Å². The van der Waals surface area contributed by atoms with Crippen molar-refractivity contribution in [1.82, 2.24) is 14.8 Å². The predicted molar refractivity (Wildman–Crippen MR) is 227 cm³/mol. The molecular weight excluding hydrogens is 795 g/mol. The Bertz CT molecular complexity index is 2460. The first kappa shape index (κ1) is 42.1. The van der Waals surface area contributed by atoms with Gasteiger partial charge in [0, 0.05) is 72.8 Å². The minimum atomic E-state index is -2.56. The summed E-state index contributed by atoms with van der Waals surface area (Å²) < 4.78 is 23.7. The van der Waals surface area contributed by atoms with Crippen LogP contribution in [-0.2, 0) is 50.6 Å². The zero-order valence-corrected chi connectivity index (χ0v) is 36.2. The molecule has 1 spiro atoms. The van der Waals surface area contributed by atoms with E-state index in [9.17, 15) is 24.6 Å².